The molecule has 27 heavy (non-hydrogen) atoms. The van der Waals surface area contributed by atoms with Crippen LogP contribution in [0.15, 0.2) is 42.5 Å². The Bertz CT molecular complexity index is 763. The second kappa shape index (κ2) is 9.62. The zero-order chi connectivity index (χ0) is 19.8. The van der Waals surface area contributed by atoms with Crippen LogP contribution in [0, 0.1) is 0 Å². The molecule has 6 nitrogen and oxygen atoms in total. The third-order valence-electron chi connectivity index (χ3n) is 4.15. The summed E-state index contributed by atoms with van der Waals surface area (Å²) >= 11 is 0. The predicted molar refractivity (Wildman–Crippen MR) is 104 cm³/mol. The summed E-state index contributed by atoms with van der Waals surface area (Å²) in [7, 11) is 6.63. The Morgan fingerprint density at radius 2 is 1.52 bits per heavy atom. The summed E-state index contributed by atoms with van der Waals surface area (Å²) in [5.74, 6) is 1.33. The molecule has 0 bridgehead atoms. The van der Waals surface area contributed by atoms with Crippen molar-refractivity contribution < 1.29 is 19.1 Å². The highest BCUT2D eigenvalue weighted by atomic mass is 16.5. The number of methoxy groups -OCH3 is 2. The molecule has 0 aliphatic rings. The van der Waals surface area contributed by atoms with E-state index in [1.807, 2.05) is 24.3 Å². The molecule has 0 aliphatic heterocycles. The Morgan fingerprint density at radius 3 is 2.04 bits per heavy atom. The number of aryl methyl sites for hydroxylation is 1. The number of benzene rings is 2. The fourth-order valence-corrected chi connectivity index (χ4v) is 2.58. The third kappa shape index (κ3) is 6.02. The number of carbonyl (C=O) groups excluding carboxylic acids is 2. The molecule has 0 spiro atoms. The number of amides is 2. The fraction of sp³-hybridized carbons (Fsp3) is 0.333. The third-order valence-corrected chi connectivity index (χ3v) is 4.15. The number of hydrogen-bond acceptors (Lipinski definition) is 4. The van der Waals surface area contributed by atoms with Gasteiger partial charge in [-0.05, 0) is 41.8 Å². The van der Waals surface area contributed by atoms with E-state index in [1.54, 1.807) is 46.5 Å². The highest BCUT2D eigenvalue weighted by molar-refractivity contribution is 5.93. The normalized spacial score (nSPS) is 10.2. The maximum Gasteiger partial charge on any atom is 0.253 e. The molecule has 1 N–H and O–H groups in total. The number of nitrogens with zero attached hydrogens (tertiary/aromatic N) is 1. The van der Waals surface area contributed by atoms with Crippen molar-refractivity contribution >= 4 is 11.8 Å². The minimum Gasteiger partial charge on any atom is -0.497 e. The molecule has 0 aromatic heterocycles. The molecule has 0 unspecified atom stereocenters. The van der Waals surface area contributed by atoms with Gasteiger partial charge in [-0.2, -0.15) is 0 Å². The molecule has 0 heterocycles. The maximum absolute atomic E-state index is 12.1. The van der Waals surface area contributed by atoms with Gasteiger partial charge in [0, 0.05) is 38.7 Å². The van der Waals surface area contributed by atoms with Crippen LogP contribution in [0.1, 0.15) is 27.9 Å². The van der Waals surface area contributed by atoms with Crippen LogP contribution in [-0.2, 0) is 17.8 Å². The average Bonchev–Trinajstić information content (AvgIpc) is 2.70. The van der Waals surface area contributed by atoms with Gasteiger partial charge in [-0.1, -0.05) is 12.1 Å². The van der Waals surface area contributed by atoms with Crippen molar-refractivity contribution in [3.8, 4) is 11.5 Å². The predicted octanol–water partition coefficient (Wildman–Crippen LogP) is 2.65. The first-order chi connectivity index (χ1) is 12.9. The summed E-state index contributed by atoms with van der Waals surface area (Å²) in [4.78, 5) is 25.5. The number of rotatable bonds is 8. The summed E-state index contributed by atoms with van der Waals surface area (Å²) in [6.45, 7) is 0.427. The quantitative estimate of drug-likeness (QED) is 0.776. The van der Waals surface area contributed by atoms with Crippen LogP contribution in [0.3, 0.4) is 0 Å². The van der Waals surface area contributed by atoms with E-state index in [9.17, 15) is 9.59 Å². The molecule has 2 aromatic rings. The molecule has 2 aromatic carbocycles. The molecule has 6 heteroatoms. The van der Waals surface area contributed by atoms with Gasteiger partial charge in [-0.3, -0.25) is 9.59 Å². The maximum atomic E-state index is 12.1. The summed E-state index contributed by atoms with van der Waals surface area (Å²) in [5, 5.41) is 2.90. The highest BCUT2D eigenvalue weighted by Gasteiger charge is 2.08. The molecule has 0 aliphatic carbocycles. The van der Waals surface area contributed by atoms with Gasteiger partial charge in [0.2, 0.25) is 5.91 Å². The summed E-state index contributed by atoms with van der Waals surface area (Å²) < 4.78 is 10.5. The Kier molecular flexibility index (Phi) is 7.23. The smallest absolute Gasteiger partial charge is 0.253 e. The van der Waals surface area contributed by atoms with Crippen LogP contribution in [0.25, 0.3) is 0 Å². The lowest BCUT2D eigenvalue weighted by molar-refractivity contribution is -0.121. The molecule has 0 radical (unpaired) electrons. The van der Waals surface area contributed by atoms with Gasteiger partial charge in [0.25, 0.3) is 5.91 Å². The van der Waals surface area contributed by atoms with Gasteiger partial charge in [0.15, 0.2) is 0 Å². The van der Waals surface area contributed by atoms with Crippen LogP contribution in [0.5, 0.6) is 11.5 Å². The molecule has 144 valence electrons. The Morgan fingerprint density at radius 1 is 0.926 bits per heavy atom. The minimum absolute atomic E-state index is 0.0368. The highest BCUT2D eigenvalue weighted by Crippen LogP contribution is 2.23. The van der Waals surface area contributed by atoms with Crippen molar-refractivity contribution in [2.45, 2.75) is 19.4 Å². The van der Waals surface area contributed by atoms with Crippen LogP contribution in [0.2, 0.25) is 0 Å². The van der Waals surface area contributed by atoms with Crippen LogP contribution < -0.4 is 14.8 Å². The second-order valence-corrected chi connectivity index (χ2v) is 6.39. The van der Waals surface area contributed by atoms with Crippen LogP contribution in [0.4, 0.5) is 0 Å². The van der Waals surface area contributed by atoms with Crippen LogP contribution >= 0.6 is 0 Å². The number of carbonyl (C=O) groups is 2. The summed E-state index contributed by atoms with van der Waals surface area (Å²) in [5.41, 5.74) is 2.55. The van der Waals surface area contributed by atoms with Gasteiger partial charge in [0.1, 0.15) is 11.5 Å². The van der Waals surface area contributed by atoms with Crippen molar-refractivity contribution in [2.75, 3.05) is 28.3 Å². The van der Waals surface area contributed by atoms with Crippen molar-refractivity contribution in [3.63, 3.8) is 0 Å². The second-order valence-electron chi connectivity index (χ2n) is 6.39. The molecule has 0 fully saturated rings. The average molecular weight is 370 g/mol. The van der Waals surface area contributed by atoms with Crippen molar-refractivity contribution in [2.24, 2.45) is 0 Å². The lowest BCUT2D eigenvalue weighted by atomic mass is 10.1. The standard InChI is InChI=1S/C21H26N2O4/c1-23(2)21(25)17-8-5-15(6-9-17)14-22-20(24)10-7-16-11-18(26-3)13-19(12-16)27-4/h5-6,8-9,11-13H,7,10,14H2,1-4H3,(H,22,24). The van der Waals surface area contributed by atoms with E-state index in [-0.39, 0.29) is 11.8 Å². The van der Waals surface area contributed by atoms with E-state index < -0.39 is 0 Å². The Labute approximate surface area is 160 Å². The van der Waals surface area contributed by atoms with E-state index >= 15 is 0 Å². The number of ether oxygens (including phenoxy) is 2. The lowest BCUT2D eigenvalue weighted by Crippen LogP contribution is -2.23. The van der Waals surface area contributed by atoms with E-state index in [0.29, 0.717) is 36.4 Å². The van der Waals surface area contributed by atoms with Gasteiger partial charge in [0.05, 0.1) is 14.2 Å². The van der Waals surface area contributed by atoms with Crippen molar-refractivity contribution in [3.05, 3.63) is 59.2 Å². The zero-order valence-corrected chi connectivity index (χ0v) is 16.2. The van der Waals surface area contributed by atoms with Crippen LogP contribution in [-0.4, -0.2) is 45.0 Å². The zero-order valence-electron chi connectivity index (χ0n) is 16.2. The van der Waals surface area contributed by atoms with E-state index in [1.165, 1.54) is 4.90 Å². The number of nitrogens with one attached hydrogen (secondary N) is 1. The van der Waals surface area contributed by atoms with E-state index in [4.69, 9.17) is 9.47 Å². The molecular formula is C21H26N2O4. The summed E-state index contributed by atoms with van der Waals surface area (Å²) in [6, 6.07) is 12.8. The first-order valence-electron chi connectivity index (χ1n) is 8.72. The summed E-state index contributed by atoms with van der Waals surface area (Å²) in [6.07, 6.45) is 0.961. The molecule has 0 saturated carbocycles. The van der Waals surface area contributed by atoms with Gasteiger partial charge >= 0.3 is 0 Å². The first-order valence-corrected chi connectivity index (χ1v) is 8.72. The SMILES string of the molecule is COc1cc(CCC(=O)NCc2ccc(C(=O)N(C)C)cc2)cc(OC)c1. The van der Waals surface area contributed by atoms with E-state index in [2.05, 4.69) is 5.32 Å². The fourth-order valence-electron chi connectivity index (χ4n) is 2.58. The van der Waals surface area contributed by atoms with Gasteiger partial charge in [-0.15, -0.1) is 0 Å². The van der Waals surface area contributed by atoms with Crippen molar-refractivity contribution in [1.29, 1.82) is 0 Å². The Hall–Kier alpha value is -3.02. The molecule has 0 saturated heterocycles. The molecule has 2 rings (SSSR count). The minimum atomic E-state index is -0.0423. The first kappa shape index (κ1) is 20.3. The monoisotopic (exact) mass is 370 g/mol. The molecular weight excluding hydrogens is 344 g/mol. The van der Waals surface area contributed by atoms with Gasteiger partial charge < -0.3 is 19.7 Å². The molecule has 0 atom stereocenters. The largest absolute Gasteiger partial charge is 0.497 e. The van der Waals surface area contributed by atoms with Gasteiger partial charge in [-0.25, -0.2) is 0 Å². The topological polar surface area (TPSA) is 67.9 Å². The molecule has 2 amide bonds. The number of hydrogen-bond donors (Lipinski definition) is 1. The lowest BCUT2D eigenvalue weighted by Gasteiger charge is -2.11. The van der Waals surface area contributed by atoms with E-state index in [0.717, 1.165) is 11.1 Å². The Balaban J connectivity index is 1.85. The van der Waals surface area contributed by atoms with Crippen molar-refractivity contribution in [1.82, 2.24) is 10.2 Å².